The molecule has 4 nitrogen and oxygen atoms in total. The number of amides is 2. The van der Waals surface area contributed by atoms with E-state index in [1.165, 1.54) is 0 Å². The molecule has 1 aliphatic carbocycles. The summed E-state index contributed by atoms with van der Waals surface area (Å²) in [6.07, 6.45) is 6.01. The van der Waals surface area contributed by atoms with Crippen molar-refractivity contribution in [3.8, 4) is 0 Å². The molecule has 0 bridgehead atoms. The van der Waals surface area contributed by atoms with Gasteiger partial charge in [-0.15, -0.1) is 0 Å². The van der Waals surface area contributed by atoms with Gasteiger partial charge >= 0.3 is 0 Å². The van der Waals surface area contributed by atoms with Crippen molar-refractivity contribution in [1.82, 2.24) is 9.80 Å². The number of benzene rings is 1. The lowest BCUT2D eigenvalue weighted by Crippen LogP contribution is -2.40. The summed E-state index contributed by atoms with van der Waals surface area (Å²) >= 11 is 0. The smallest absolute Gasteiger partial charge is 0.227 e. The second-order valence-electron chi connectivity index (χ2n) is 6.75. The highest BCUT2D eigenvalue weighted by Gasteiger charge is 2.27. The number of halogens is 3. The summed E-state index contributed by atoms with van der Waals surface area (Å²) in [5.41, 5.74) is 0.0978. The van der Waals surface area contributed by atoms with Gasteiger partial charge in [0.25, 0.3) is 0 Å². The first-order valence-corrected chi connectivity index (χ1v) is 8.80. The van der Waals surface area contributed by atoms with Gasteiger partial charge in [0.1, 0.15) is 0 Å². The quantitative estimate of drug-likeness (QED) is 0.610. The predicted molar refractivity (Wildman–Crippen MR) is 89.7 cm³/mol. The zero-order valence-electron chi connectivity index (χ0n) is 14.4. The minimum absolute atomic E-state index is 0.00224. The lowest BCUT2D eigenvalue weighted by Gasteiger charge is -2.24. The minimum atomic E-state index is -1.54. The fraction of sp³-hybridized carbons (Fsp3) is 0.474. The largest absolute Gasteiger partial charge is 0.341 e. The lowest BCUT2D eigenvalue weighted by molar-refractivity contribution is -0.136. The van der Waals surface area contributed by atoms with Crippen molar-refractivity contribution in [3.63, 3.8) is 0 Å². The van der Waals surface area contributed by atoms with Gasteiger partial charge in [0.05, 0.1) is 6.42 Å². The normalized spacial score (nSPS) is 18.3. The van der Waals surface area contributed by atoms with Crippen LogP contribution in [0.4, 0.5) is 13.2 Å². The molecule has 1 saturated heterocycles. The van der Waals surface area contributed by atoms with Crippen molar-refractivity contribution < 1.29 is 22.8 Å². The molecule has 1 fully saturated rings. The molecule has 0 atom stereocenters. The molecule has 1 aromatic rings. The standard InChI is InChI=1S/C19H21F3N2O2/c20-15-10-13(11-16(21)18(15)22)12-17(25)23-6-3-7-24(9-8-23)19(26)14-4-1-2-5-14/h1-2,10-11,14H,3-9,12H2. The molecule has 140 valence electrons. The van der Waals surface area contributed by atoms with Crippen molar-refractivity contribution in [1.29, 1.82) is 0 Å². The van der Waals surface area contributed by atoms with Crippen LogP contribution < -0.4 is 0 Å². The van der Waals surface area contributed by atoms with Crippen molar-refractivity contribution in [2.45, 2.75) is 25.7 Å². The maximum atomic E-state index is 13.3. The fourth-order valence-corrected chi connectivity index (χ4v) is 3.46. The summed E-state index contributed by atoms with van der Waals surface area (Å²) in [7, 11) is 0. The first-order valence-electron chi connectivity index (χ1n) is 8.80. The Labute approximate surface area is 150 Å². The number of carbonyl (C=O) groups is 2. The third-order valence-electron chi connectivity index (χ3n) is 4.92. The van der Waals surface area contributed by atoms with E-state index in [0.717, 1.165) is 25.0 Å². The van der Waals surface area contributed by atoms with Crippen LogP contribution in [-0.4, -0.2) is 47.8 Å². The Balaban J connectivity index is 1.58. The van der Waals surface area contributed by atoms with Gasteiger partial charge in [0, 0.05) is 32.1 Å². The zero-order chi connectivity index (χ0) is 18.7. The maximum Gasteiger partial charge on any atom is 0.227 e. The molecule has 26 heavy (non-hydrogen) atoms. The Kier molecular flexibility index (Phi) is 5.64. The first-order chi connectivity index (χ1) is 12.5. The summed E-state index contributed by atoms with van der Waals surface area (Å²) in [4.78, 5) is 28.3. The molecule has 0 aromatic heterocycles. The highest BCUT2D eigenvalue weighted by molar-refractivity contribution is 5.81. The number of hydrogen-bond acceptors (Lipinski definition) is 2. The Hall–Kier alpha value is -2.31. The summed E-state index contributed by atoms with van der Waals surface area (Å²) in [5.74, 6) is -4.30. The Bertz CT molecular complexity index is 704. The fourth-order valence-electron chi connectivity index (χ4n) is 3.46. The highest BCUT2D eigenvalue weighted by atomic mass is 19.2. The molecule has 7 heteroatoms. The van der Waals surface area contributed by atoms with E-state index in [9.17, 15) is 22.8 Å². The van der Waals surface area contributed by atoms with Crippen LogP contribution in [-0.2, 0) is 16.0 Å². The van der Waals surface area contributed by atoms with Crippen molar-refractivity contribution in [3.05, 3.63) is 47.3 Å². The Morgan fingerprint density at radius 2 is 1.50 bits per heavy atom. The van der Waals surface area contributed by atoms with E-state index in [1.54, 1.807) is 9.80 Å². The molecule has 0 spiro atoms. The van der Waals surface area contributed by atoms with E-state index in [2.05, 4.69) is 0 Å². The molecule has 0 unspecified atom stereocenters. The molecule has 2 amide bonds. The number of rotatable bonds is 3. The van der Waals surface area contributed by atoms with Gasteiger partial charge in [-0.1, -0.05) is 12.2 Å². The molecular formula is C19H21F3N2O2. The third kappa shape index (κ3) is 4.08. The van der Waals surface area contributed by atoms with Crippen LogP contribution in [0.3, 0.4) is 0 Å². The SMILES string of the molecule is O=C(Cc1cc(F)c(F)c(F)c1)N1CCCN(C(=O)C2CC=CC2)CC1. The number of allylic oxidation sites excluding steroid dienone is 2. The summed E-state index contributed by atoms with van der Waals surface area (Å²) in [5, 5.41) is 0. The van der Waals surface area contributed by atoms with E-state index in [0.29, 0.717) is 32.6 Å². The molecular weight excluding hydrogens is 345 g/mol. The predicted octanol–water partition coefficient (Wildman–Crippen LogP) is 2.67. The minimum Gasteiger partial charge on any atom is -0.341 e. The molecule has 0 saturated carbocycles. The van der Waals surface area contributed by atoms with Crippen LogP contribution >= 0.6 is 0 Å². The van der Waals surface area contributed by atoms with E-state index < -0.39 is 17.5 Å². The average molecular weight is 366 g/mol. The van der Waals surface area contributed by atoms with Gasteiger partial charge in [-0.25, -0.2) is 13.2 Å². The van der Waals surface area contributed by atoms with E-state index in [4.69, 9.17) is 0 Å². The molecule has 0 radical (unpaired) electrons. The highest BCUT2D eigenvalue weighted by Crippen LogP contribution is 2.21. The topological polar surface area (TPSA) is 40.6 Å². The van der Waals surface area contributed by atoms with Gasteiger partial charge in [0.15, 0.2) is 17.5 Å². The van der Waals surface area contributed by atoms with Crippen LogP contribution in [0.1, 0.15) is 24.8 Å². The molecule has 0 N–H and O–H groups in total. The van der Waals surface area contributed by atoms with Crippen molar-refractivity contribution >= 4 is 11.8 Å². The summed E-state index contributed by atoms with van der Waals surface area (Å²) in [6, 6.07) is 1.69. The van der Waals surface area contributed by atoms with Crippen LogP contribution in [0.5, 0.6) is 0 Å². The van der Waals surface area contributed by atoms with Crippen molar-refractivity contribution in [2.75, 3.05) is 26.2 Å². The van der Waals surface area contributed by atoms with Gasteiger partial charge < -0.3 is 9.80 Å². The number of carbonyl (C=O) groups excluding carboxylic acids is 2. The Morgan fingerprint density at radius 1 is 0.923 bits per heavy atom. The van der Waals surface area contributed by atoms with Crippen LogP contribution in [0, 0.1) is 23.4 Å². The van der Waals surface area contributed by atoms with E-state index >= 15 is 0 Å². The monoisotopic (exact) mass is 366 g/mol. The second kappa shape index (κ2) is 7.93. The number of nitrogens with zero attached hydrogens (tertiary/aromatic N) is 2. The van der Waals surface area contributed by atoms with E-state index in [1.807, 2.05) is 12.2 Å². The molecule has 3 rings (SSSR count). The molecule has 1 aliphatic heterocycles. The van der Waals surface area contributed by atoms with Gasteiger partial charge in [-0.05, 0) is 37.0 Å². The molecule has 2 aliphatic rings. The van der Waals surface area contributed by atoms with Gasteiger partial charge in [-0.2, -0.15) is 0 Å². The van der Waals surface area contributed by atoms with Crippen LogP contribution in [0.2, 0.25) is 0 Å². The van der Waals surface area contributed by atoms with Crippen LogP contribution in [0.25, 0.3) is 0 Å². The van der Waals surface area contributed by atoms with Gasteiger partial charge in [-0.3, -0.25) is 9.59 Å². The average Bonchev–Trinajstić information content (AvgIpc) is 3.03. The van der Waals surface area contributed by atoms with Crippen molar-refractivity contribution in [2.24, 2.45) is 5.92 Å². The molecule has 1 heterocycles. The lowest BCUT2D eigenvalue weighted by atomic mass is 10.1. The number of hydrogen-bond donors (Lipinski definition) is 0. The van der Waals surface area contributed by atoms with Gasteiger partial charge in [0.2, 0.25) is 11.8 Å². The van der Waals surface area contributed by atoms with E-state index in [-0.39, 0.29) is 29.7 Å². The summed E-state index contributed by atoms with van der Waals surface area (Å²) in [6.45, 7) is 1.92. The maximum absolute atomic E-state index is 13.3. The molecule has 1 aromatic carbocycles. The first kappa shape index (κ1) is 18.5. The Morgan fingerprint density at radius 3 is 2.15 bits per heavy atom. The zero-order valence-corrected chi connectivity index (χ0v) is 14.4. The third-order valence-corrected chi connectivity index (χ3v) is 4.92. The second-order valence-corrected chi connectivity index (χ2v) is 6.75. The van der Waals surface area contributed by atoms with Crippen LogP contribution in [0.15, 0.2) is 24.3 Å². The summed E-state index contributed by atoms with van der Waals surface area (Å²) < 4.78 is 39.6.